The van der Waals surface area contributed by atoms with Crippen LogP contribution in [0.1, 0.15) is 21.5 Å². The molecule has 0 aliphatic rings. The van der Waals surface area contributed by atoms with E-state index in [1.165, 1.54) is 11.8 Å². The van der Waals surface area contributed by atoms with Gasteiger partial charge in [-0.05, 0) is 5.56 Å². The zero-order valence-electron chi connectivity index (χ0n) is 10.8. The third kappa shape index (κ3) is 3.71. The largest absolute Gasteiger partial charge is 0.481 e. The molecule has 0 radical (unpaired) electrons. The van der Waals surface area contributed by atoms with Gasteiger partial charge < -0.3 is 5.11 Å². The molecule has 0 amide bonds. The predicted octanol–water partition coefficient (Wildman–Crippen LogP) is 3.24. The molecule has 20 heavy (non-hydrogen) atoms. The van der Waals surface area contributed by atoms with Crippen molar-refractivity contribution >= 4 is 23.5 Å². The molecule has 4 heteroatoms. The molecule has 0 aliphatic heterocycles. The molecule has 0 saturated heterocycles. The Bertz CT molecular complexity index is 608. The molecule has 0 heterocycles. The zero-order chi connectivity index (χ0) is 14.4. The summed E-state index contributed by atoms with van der Waals surface area (Å²) < 4.78 is 0. The van der Waals surface area contributed by atoms with Crippen LogP contribution < -0.4 is 0 Å². The molecule has 0 aliphatic carbocycles. The van der Waals surface area contributed by atoms with E-state index in [9.17, 15) is 9.59 Å². The Kier molecular flexibility index (Phi) is 4.96. The lowest BCUT2D eigenvalue weighted by Gasteiger charge is -2.08. The van der Waals surface area contributed by atoms with Crippen molar-refractivity contribution in [3.63, 3.8) is 0 Å². The van der Waals surface area contributed by atoms with Gasteiger partial charge in [-0.1, -0.05) is 54.6 Å². The predicted molar refractivity (Wildman–Crippen MR) is 80.1 cm³/mol. The van der Waals surface area contributed by atoms with Crippen LogP contribution in [-0.4, -0.2) is 22.6 Å². The number of ketones is 1. The van der Waals surface area contributed by atoms with Crippen LogP contribution in [0.15, 0.2) is 54.6 Å². The molecule has 2 aromatic rings. The minimum Gasteiger partial charge on any atom is -0.481 e. The van der Waals surface area contributed by atoms with Crippen LogP contribution in [0.2, 0.25) is 0 Å². The van der Waals surface area contributed by atoms with Gasteiger partial charge in [0.25, 0.3) is 0 Å². The van der Waals surface area contributed by atoms with Gasteiger partial charge >= 0.3 is 5.97 Å². The summed E-state index contributed by atoms with van der Waals surface area (Å²) in [7, 11) is 0. The van der Waals surface area contributed by atoms with Crippen LogP contribution in [0.5, 0.6) is 0 Å². The highest BCUT2D eigenvalue weighted by Gasteiger charge is 2.13. The van der Waals surface area contributed by atoms with E-state index in [2.05, 4.69) is 0 Å². The second-order valence-corrected chi connectivity index (χ2v) is 5.22. The molecule has 0 bridgehead atoms. The van der Waals surface area contributed by atoms with Gasteiger partial charge in [0.15, 0.2) is 5.78 Å². The number of carbonyl (C=O) groups excluding carboxylic acids is 1. The lowest BCUT2D eigenvalue weighted by atomic mass is 9.99. The Morgan fingerprint density at radius 1 is 0.950 bits per heavy atom. The third-order valence-electron chi connectivity index (χ3n) is 2.78. The molecular formula is C16H14O3S. The smallest absolute Gasteiger partial charge is 0.313 e. The topological polar surface area (TPSA) is 54.4 Å². The fourth-order valence-corrected chi connectivity index (χ4v) is 2.61. The number of carbonyl (C=O) groups is 2. The second kappa shape index (κ2) is 6.91. The summed E-state index contributed by atoms with van der Waals surface area (Å²) in [4.78, 5) is 23.0. The zero-order valence-corrected chi connectivity index (χ0v) is 11.6. The van der Waals surface area contributed by atoms with Crippen LogP contribution in [0.25, 0.3) is 0 Å². The van der Waals surface area contributed by atoms with Crippen molar-refractivity contribution in [1.82, 2.24) is 0 Å². The molecular weight excluding hydrogens is 272 g/mol. The summed E-state index contributed by atoms with van der Waals surface area (Å²) in [5.74, 6) is -0.325. The van der Waals surface area contributed by atoms with E-state index in [0.717, 1.165) is 5.56 Å². The van der Waals surface area contributed by atoms with E-state index in [1.54, 1.807) is 18.2 Å². The highest BCUT2D eigenvalue weighted by Crippen LogP contribution is 2.19. The number of aliphatic carboxylic acids is 1. The minimum absolute atomic E-state index is 0.0304. The molecule has 0 atom stereocenters. The summed E-state index contributed by atoms with van der Waals surface area (Å²) in [5, 5.41) is 8.66. The number of carboxylic acid groups (broad SMARTS) is 1. The number of thioether (sulfide) groups is 1. The van der Waals surface area contributed by atoms with Gasteiger partial charge in [-0.15, -0.1) is 11.8 Å². The second-order valence-electron chi connectivity index (χ2n) is 4.24. The SMILES string of the molecule is O=C(O)CSCc1ccccc1C(=O)c1ccccc1. The number of rotatable bonds is 6. The third-order valence-corrected chi connectivity index (χ3v) is 3.75. The molecule has 1 N–H and O–H groups in total. The molecule has 2 aromatic carbocycles. The van der Waals surface area contributed by atoms with E-state index in [4.69, 9.17) is 5.11 Å². The Hall–Kier alpha value is -2.07. The minimum atomic E-state index is -0.845. The molecule has 0 spiro atoms. The first-order chi connectivity index (χ1) is 9.68. The monoisotopic (exact) mass is 286 g/mol. The van der Waals surface area contributed by atoms with Crippen LogP contribution in [0.3, 0.4) is 0 Å². The Labute approximate surface area is 121 Å². The molecule has 2 rings (SSSR count). The van der Waals surface area contributed by atoms with Gasteiger partial charge in [-0.25, -0.2) is 0 Å². The summed E-state index contributed by atoms with van der Waals surface area (Å²) in [6.45, 7) is 0. The Balaban J connectivity index is 2.19. The van der Waals surface area contributed by atoms with Crippen molar-refractivity contribution in [3.8, 4) is 0 Å². The average molecular weight is 286 g/mol. The first-order valence-electron chi connectivity index (χ1n) is 6.15. The van der Waals surface area contributed by atoms with Gasteiger partial charge in [-0.2, -0.15) is 0 Å². The van der Waals surface area contributed by atoms with E-state index >= 15 is 0 Å². The maximum absolute atomic E-state index is 12.4. The van der Waals surface area contributed by atoms with Crippen LogP contribution in [0, 0.1) is 0 Å². The summed E-state index contributed by atoms with van der Waals surface area (Å²) >= 11 is 1.29. The van der Waals surface area contributed by atoms with Crippen LogP contribution in [0.4, 0.5) is 0 Å². The molecule has 0 aromatic heterocycles. The van der Waals surface area contributed by atoms with Gasteiger partial charge in [0, 0.05) is 16.9 Å². The van der Waals surface area contributed by atoms with Crippen LogP contribution >= 0.6 is 11.8 Å². The molecule has 0 fully saturated rings. The van der Waals surface area contributed by atoms with Gasteiger partial charge in [0.1, 0.15) is 0 Å². The van der Waals surface area contributed by atoms with Crippen molar-refractivity contribution in [2.24, 2.45) is 0 Å². The maximum atomic E-state index is 12.4. The average Bonchev–Trinajstić information content (AvgIpc) is 2.47. The van der Waals surface area contributed by atoms with E-state index in [-0.39, 0.29) is 11.5 Å². The molecule has 0 unspecified atom stereocenters. The number of benzene rings is 2. The maximum Gasteiger partial charge on any atom is 0.313 e. The standard InChI is InChI=1S/C16H14O3S/c17-15(18)11-20-10-13-8-4-5-9-14(13)16(19)12-6-2-1-3-7-12/h1-9H,10-11H2,(H,17,18). The van der Waals surface area contributed by atoms with Crippen molar-refractivity contribution in [2.75, 3.05) is 5.75 Å². The summed E-state index contributed by atoms with van der Waals surface area (Å²) in [6, 6.07) is 16.4. The Morgan fingerprint density at radius 3 is 2.30 bits per heavy atom. The summed E-state index contributed by atoms with van der Waals surface area (Å²) in [5.41, 5.74) is 2.15. The lowest BCUT2D eigenvalue weighted by molar-refractivity contribution is -0.133. The normalized spacial score (nSPS) is 10.2. The highest BCUT2D eigenvalue weighted by molar-refractivity contribution is 7.99. The quantitative estimate of drug-likeness (QED) is 0.828. The molecule has 3 nitrogen and oxygen atoms in total. The van der Waals surface area contributed by atoms with Crippen molar-refractivity contribution in [3.05, 3.63) is 71.3 Å². The first-order valence-corrected chi connectivity index (χ1v) is 7.31. The molecule has 0 saturated carbocycles. The summed E-state index contributed by atoms with van der Waals surface area (Å²) in [6.07, 6.45) is 0. The van der Waals surface area contributed by atoms with E-state index in [0.29, 0.717) is 16.9 Å². The first kappa shape index (κ1) is 14.3. The fourth-order valence-electron chi connectivity index (χ4n) is 1.86. The number of hydrogen-bond donors (Lipinski definition) is 1. The Morgan fingerprint density at radius 2 is 1.60 bits per heavy atom. The number of carboxylic acids is 1. The van der Waals surface area contributed by atoms with Crippen molar-refractivity contribution < 1.29 is 14.7 Å². The van der Waals surface area contributed by atoms with Gasteiger partial charge in [0.2, 0.25) is 0 Å². The fraction of sp³-hybridized carbons (Fsp3) is 0.125. The lowest BCUT2D eigenvalue weighted by Crippen LogP contribution is -2.05. The van der Waals surface area contributed by atoms with Gasteiger partial charge in [-0.3, -0.25) is 9.59 Å². The van der Waals surface area contributed by atoms with Crippen molar-refractivity contribution in [2.45, 2.75) is 5.75 Å². The van der Waals surface area contributed by atoms with E-state index < -0.39 is 5.97 Å². The number of hydrogen-bond acceptors (Lipinski definition) is 3. The van der Waals surface area contributed by atoms with Crippen molar-refractivity contribution in [1.29, 1.82) is 0 Å². The van der Waals surface area contributed by atoms with Gasteiger partial charge in [0.05, 0.1) is 5.75 Å². The van der Waals surface area contributed by atoms with Crippen LogP contribution in [-0.2, 0) is 10.5 Å². The van der Waals surface area contributed by atoms with E-state index in [1.807, 2.05) is 36.4 Å². The molecule has 102 valence electrons. The highest BCUT2D eigenvalue weighted by atomic mass is 32.2.